The molecule has 0 fully saturated rings. The number of ether oxygens (including phenoxy) is 1. The minimum atomic E-state index is -0.758. The maximum absolute atomic E-state index is 10.2. The third-order valence-electron chi connectivity index (χ3n) is 1.69. The predicted octanol–water partition coefficient (Wildman–Crippen LogP) is 1.92. The molecule has 0 spiro atoms. The summed E-state index contributed by atoms with van der Waals surface area (Å²) in [6, 6.07) is 0. The summed E-state index contributed by atoms with van der Waals surface area (Å²) in [5, 5.41) is 8.16. The quantitative estimate of drug-likeness (QED) is 0.571. The van der Waals surface area contributed by atoms with Crippen molar-refractivity contribution in [2.24, 2.45) is 0 Å². The average molecular weight is 212 g/mol. The van der Waals surface area contributed by atoms with Gasteiger partial charge in [0.1, 0.15) is 0 Å². The molecule has 0 atom stereocenters. The number of carbonyl (C=O) groups is 2. The van der Waals surface area contributed by atoms with Gasteiger partial charge in [-0.25, -0.2) is 9.59 Å². The summed E-state index contributed by atoms with van der Waals surface area (Å²) in [6.45, 7) is 5.67. The van der Waals surface area contributed by atoms with Crippen molar-refractivity contribution in [3.63, 3.8) is 0 Å². The number of carbonyl (C=O) groups excluding carboxylic acids is 1. The van der Waals surface area contributed by atoms with Crippen molar-refractivity contribution in [2.75, 3.05) is 6.61 Å². The summed E-state index contributed by atoms with van der Waals surface area (Å²) < 4.78 is 4.58. The van der Waals surface area contributed by atoms with Gasteiger partial charge in [0.15, 0.2) is 0 Å². The Hall–Kier alpha value is -1.58. The van der Waals surface area contributed by atoms with Crippen LogP contribution in [-0.2, 0) is 14.3 Å². The van der Waals surface area contributed by atoms with Crippen LogP contribution in [0.15, 0.2) is 24.3 Å². The fourth-order valence-corrected chi connectivity index (χ4v) is 0.744. The predicted molar refractivity (Wildman–Crippen MR) is 56.4 cm³/mol. The summed E-state index contributed by atoms with van der Waals surface area (Å²) >= 11 is 0. The van der Waals surface area contributed by atoms with Crippen LogP contribution in [0, 0.1) is 0 Å². The van der Waals surface area contributed by atoms with E-state index in [4.69, 9.17) is 5.11 Å². The van der Waals surface area contributed by atoms with Gasteiger partial charge < -0.3 is 9.84 Å². The highest BCUT2D eigenvalue weighted by molar-refractivity contribution is 5.87. The lowest BCUT2D eigenvalue weighted by Crippen LogP contribution is -2.05. The Kier molecular flexibility index (Phi) is 6.97. The molecule has 1 aliphatic rings. The van der Waals surface area contributed by atoms with Crippen molar-refractivity contribution >= 4 is 11.9 Å². The van der Waals surface area contributed by atoms with Gasteiger partial charge in [0.05, 0.1) is 6.61 Å². The zero-order valence-electron chi connectivity index (χ0n) is 8.86. The fraction of sp³-hybridized carbons (Fsp3) is 0.455. The van der Waals surface area contributed by atoms with E-state index in [1.54, 1.807) is 6.08 Å². The van der Waals surface area contributed by atoms with Crippen molar-refractivity contribution in [1.29, 1.82) is 0 Å². The molecule has 0 aromatic rings. The number of carboxylic acid groups (broad SMARTS) is 1. The maximum atomic E-state index is 10.2. The second-order valence-corrected chi connectivity index (χ2v) is 2.94. The SMILES string of the molecule is C=CC(=O)OCCC.O=C(O)C1=CCC1. The molecular formula is C11H16O4. The molecule has 1 aliphatic carbocycles. The van der Waals surface area contributed by atoms with Crippen LogP contribution in [0.5, 0.6) is 0 Å². The molecule has 0 aromatic carbocycles. The summed E-state index contributed by atoms with van der Waals surface area (Å²) in [5.41, 5.74) is 0.569. The number of rotatable bonds is 4. The number of carboxylic acids is 1. The van der Waals surface area contributed by atoms with E-state index >= 15 is 0 Å². The van der Waals surface area contributed by atoms with Crippen LogP contribution in [0.4, 0.5) is 0 Å². The minimum absolute atomic E-state index is 0.341. The van der Waals surface area contributed by atoms with E-state index in [1.807, 2.05) is 6.92 Å². The average Bonchev–Trinajstić information content (AvgIpc) is 2.11. The summed E-state index contributed by atoms with van der Waals surface area (Å²) in [5.74, 6) is -1.10. The molecule has 84 valence electrons. The highest BCUT2D eigenvalue weighted by Gasteiger charge is 2.11. The van der Waals surface area contributed by atoms with E-state index in [9.17, 15) is 9.59 Å². The van der Waals surface area contributed by atoms with Crippen molar-refractivity contribution in [3.8, 4) is 0 Å². The fourth-order valence-electron chi connectivity index (χ4n) is 0.744. The Morgan fingerprint density at radius 2 is 2.27 bits per heavy atom. The first-order valence-electron chi connectivity index (χ1n) is 4.83. The highest BCUT2D eigenvalue weighted by atomic mass is 16.5. The van der Waals surface area contributed by atoms with Crippen LogP contribution >= 0.6 is 0 Å². The molecule has 0 unspecified atom stereocenters. The highest BCUT2D eigenvalue weighted by Crippen LogP contribution is 2.16. The van der Waals surface area contributed by atoms with Gasteiger partial charge in [-0.05, 0) is 19.3 Å². The Morgan fingerprint density at radius 3 is 2.47 bits per heavy atom. The van der Waals surface area contributed by atoms with Gasteiger partial charge in [-0.3, -0.25) is 0 Å². The van der Waals surface area contributed by atoms with Gasteiger partial charge in [0, 0.05) is 11.6 Å². The van der Waals surface area contributed by atoms with E-state index in [0.29, 0.717) is 12.2 Å². The van der Waals surface area contributed by atoms with E-state index in [0.717, 1.165) is 25.3 Å². The molecular weight excluding hydrogens is 196 g/mol. The van der Waals surface area contributed by atoms with Crippen molar-refractivity contribution in [2.45, 2.75) is 26.2 Å². The van der Waals surface area contributed by atoms with Crippen LogP contribution in [0.1, 0.15) is 26.2 Å². The first kappa shape index (κ1) is 13.4. The number of esters is 1. The van der Waals surface area contributed by atoms with Crippen LogP contribution in [-0.4, -0.2) is 23.7 Å². The number of allylic oxidation sites excluding steroid dienone is 1. The summed E-state index contributed by atoms with van der Waals surface area (Å²) in [7, 11) is 0. The topological polar surface area (TPSA) is 63.6 Å². The van der Waals surface area contributed by atoms with E-state index in [1.165, 1.54) is 0 Å². The van der Waals surface area contributed by atoms with E-state index in [2.05, 4.69) is 11.3 Å². The molecule has 0 radical (unpaired) electrons. The van der Waals surface area contributed by atoms with Crippen LogP contribution < -0.4 is 0 Å². The van der Waals surface area contributed by atoms with E-state index in [-0.39, 0.29) is 5.97 Å². The van der Waals surface area contributed by atoms with Gasteiger partial charge in [0.25, 0.3) is 0 Å². The second-order valence-electron chi connectivity index (χ2n) is 2.94. The Bertz CT molecular complexity index is 266. The van der Waals surface area contributed by atoms with Gasteiger partial charge >= 0.3 is 11.9 Å². The minimum Gasteiger partial charge on any atom is -0.478 e. The molecule has 15 heavy (non-hydrogen) atoms. The van der Waals surface area contributed by atoms with Gasteiger partial charge in [-0.1, -0.05) is 19.6 Å². The van der Waals surface area contributed by atoms with E-state index < -0.39 is 5.97 Å². The van der Waals surface area contributed by atoms with Gasteiger partial charge in [-0.15, -0.1) is 0 Å². The second kappa shape index (κ2) is 7.79. The standard InChI is InChI=1S/C6H10O2.C5H6O2/c1-3-5-8-6(7)4-2;6-5(7)4-2-1-3-4/h4H,2-3,5H2,1H3;2H,1,3H2,(H,6,7). The summed E-state index contributed by atoms with van der Waals surface area (Å²) in [4.78, 5) is 20.1. The van der Waals surface area contributed by atoms with Gasteiger partial charge in [0.2, 0.25) is 0 Å². The first-order valence-corrected chi connectivity index (χ1v) is 4.83. The van der Waals surface area contributed by atoms with Crippen molar-refractivity contribution in [1.82, 2.24) is 0 Å². The molecule has 0 aromatic heterocycles. The first-order chi connectivity index (χ1) is 7.11. The normalized spacial score (nSPS) is 12.5. The van der Waals surface area contributed by atoms with Crippen molar-refractivity contribution < 1.29 is 19.4 Å². The molecule has 0 bridgehead atoms. The molecule has 4 nitrogen and oxygen atoms in total. The lowest BCUT2D eigenvalue weighted by atomic mass is 10.00. The number of aliphatic carboxylic acids is 1. The molecule has 0 aliphatic heterocycles. The molecule has 1 rings (SSSR count). The molecule has 1 N–H and O–H groups in total. The molecule has 0 heterocycles. The lowest BCUT2D eigenvalue weighted by Gasteiger charge is -2.06. The Labute approximate surface area is 89.2 Å². The third kappa shape index (κ3) is 6.49. The molecule has 0 saturated carbocycles. The monoisotopic (exact) mass is 212 g/mol. The van der Waals surface area contributed by atoms with Crippen LogP contribution in [0.3, 0.4) is 0 Å². The smallest absolute Gasteiger partial charge is 0.331 e. The molecule has 0 amide bonds. The van der Waals surface area contributed by atoms with Crippen LogP contribution in [0.25, 0.3) is 0 Å². The molecule has 0 saturated heterocycles. The number of hydrogen-bond acceptors (Lipinski definition) is 3. The maximum Gasteiger partial charge on any atom is 0.331 e. The third-order valence-corrected chi connectivity index (χ3v) is 1.69. The molecule has 4 heteroatoms. The Balaban J connectivity index is 0.000000262. The Morgan fingerprint density at radius 1 is 1.67 bits per heavy atom. The lowest BCUT2D eigenvalue weighted by molar-refractivity contribution is -0.137. The van der Waals surface area contributed by atoms with Crippen LogP contribution in [0.2, 0.25) is 0 Å². The zero-order valence-corrected chi connectivity index (χ0v) is 8.86. The van der Waals surface area contributed by atoms with Gasteiger partial charge in [-0.2, -0.15) is 0 Å². The summed E-state index contributed by atoms with van der Waals surface area (Å²) in [6.07, 6.45) is 5.47. The van der Waals surface area contributed by atoms with Crippen molar-refractivity contribution in [3.05, 3.63) is 24.3 Å². The number of hydrogen-bond donors (Lipinski definition) is 1. The largest absolute Gasteiger partial charge is 0.478 e. The zero-order chi connectivity index (χ0) is 11.7.